The summed E-state index contributed by atoms with van der Waals surface area (Å²) in [6.45, 7) is 21.9. The fourth-order valence-electron chi connectivity index (χ4n) is 3.19. The molecule has 0 N–H and O–H groups in total. The summed E-state index contributed by atoms with van der Waals surface area (Å²) in [5.41, 5.74) is 0.848. The van der Waals surface area contributed by atoms with Gasteiger partial charge >= 0.3 is 0 Å². The van der Waals surface area contributed by atoms with E-state index >= 15 is 0 Å². The van der Waals surface area contributed by atoms with E-state index in [1.807, 2.05) is 0 Å². The summed E-state index contributed by atoms with van der Waals surface area (Å²) in [6.07, 6.45) is 4.09. The van der Waals surface area contributed by atoms with E-state index < -0.39 is 8.07 Å². The minimum atomic E-state index is -0.892. The van der Waals surface area contributed by atoms with Crippen molar-refractivity contribution in [3.8, 4) is 0 Å². The largest absolute Gasteiger partial charge is 0.289 e. The lowest BCUT2D eigenvalue weighted by molar-refractivity contribution is 0.233. The van der Waals surface area contributed by atoms with Crippen molar-refractivity contribution in [2.45, 2.75) is 104 Å². The molecule has 0 spiro atoms. The van der Waals surface area contributed by atoms with Crippen LogP contribution in [0.2, 0.25) is 25.7 Å². The summed E-state index contributed by atoms with van der Waals surface area (Å²) in [5.74, 6) is 0. The molecule has 0 radical (unpaired) electrons. The van der Waals surface area contributed by atoms with E-state index in [0.717, 1.165) is 12.1 Å². The van der Waals surface area contributed by atoms with Crippen LogP contribution in [0.5, 0.6) is 0 Å². The third-order valence-electron chi connectivity index (χ3n) is 4.75. The minimum Gasteiger partial charge on any atom is -0.289 e. The first kappa shape index (κ1) is 17.2. The van der Waals surface area contributed by atoms with Crippen molar-refractivity contribution in [3.05, 3.63) is 0 Å². The van der Waals surface area contributed by atoms with Crippen molar-refractivity contribution in [1.82, 2.24) is 4.90 Å². The van der Waals surface area contributed by atoms with Crippen molar-refractivity contribution in [2.24, 2.45) is 5.41 Å². The van der Waals surface area contributed by atoms with E-state index in [2.05, 4.69) is 66.1 Å². The Morgan fingerprint density at radius 1 is 0.947 bits per heavy atom. The number of hydrogen-bond donors (Lipinski definition) is 0. The highest BCUT2D eigenvalue weighted by Crippen LogP contribution is 2.46. The molecule has 0 aromatic heterocycles. The van der Waals surface area contributed by atoms with Crippen LogP contribution < -0.4 is 0 Å². The first-order valence-corrected chi connectivity index (χ1v) is 11.9. The molecule has 0 aromatic rings. The van der Waals surface area contributed by atoms with Crippen LogP contribution in [0.1, 0.15) is 60.8 Å². The first-order chi connectivity index (χ1) is 8.37. The number of rotatable bonds is 6. The molecule has 1 rings (SSSR count). The standard InChI is InChI=1S/C17H37NSi/c1-10-17(5,6)13-15-14(11-12-19(7,8)9)18(15)16(2,3)4/h14-15H,10-13H2,1-9H3. The highest BCUT2D eigenvalue weighted by Gasteiger charge is 2.53. The molecular formula is C17H37NSi. The average Bonchev–Trinajstić information content (AvgIpc) is 2.86. The van der Waals surface area contributed by atoms with Crippen LogP contribution >= 0.6 is 0 Å². The van der Waals surface area contributed by atoms with Crippen molar-refractivity contribution < 1.29 is 0 Å². The van der Waals surface area contributed by atoms with Gasteiger partial charge in [0, 0.05) is 25.7 Å². The van der Waals surface area contributed by atoms with Gasteiger partial charge in [-0.05, 0) is 39.0 Å². The SMILES string of the molecule is CCC(C)(C)CC1C(CC[Si](C)(C)C)N1C(C)(C)C. The van der Waals surface area contributed by atoms with Gasteiger partial charge in [0.05, 0.1) is 0 Å². The zero-order valence-electron chi connectivity index (χ0n) is 14.9. The molecule has 1 aliphatic rings. The predicted octanol–water partition coefficient (Wildman–Crippen LogP) is 5.39. The van der Waals surface area contributed by atoms with Gasteiger partial charge in [-0.25, -0.2) is 0 Å². The molecule has 1 nitrogen and oxygen atoms in total. The van der Waals surface area contributed by atoms with E-state index in [1.165, 1.54) is 25.3 Å². The van der Waals surface area contributed by atoms with Crippen molar-refractivity contribution in [3.63, 3.8) is 0 Å². The molecular weight excluding hydrogens is 246 g/mol. The van der Waals surface area contributed by atoms with Crippen LogP contribution in [0.25, 0.3) is 0 Å². The molecule has 114 valence electrons. The topological polar surface area (TPSA) is 3.01 Å². The Morgan fingerprint density at radius 2 is 1.47 bits per heavy atom. The third-order valence-corrected chi connectivity index (χ3v) is 6.54. The van der Waals surface area contributed by atoms with Crippen molar-refractivity contribution in [2.75, 3.05) is 0 Å². The molecule has 0 bridgehead atoms. The normalized spacial score (nSPS) is 28.6. The minimum absolute atomic E-state index is 0.346. The van der Waals surface area contributed by atoms with Gasteiger partial charge in [-0.1, -0.05) is 52.9 Å². The fraction of sp³-hybridized carbons (Fsp3) is 1.00. The summed E-state index contributed by atoms with van der Waals surface area (Å²) in [7, 11) is -0.892. The first-order valence-electron chi connectivity index (χ1n) is 8.16. The lowest BCUT2D eigenvalue weighted by Gasteiger charge is -2.26. The molecule has 1 heterocycles. The van der Waals surface area contributed by atoms with E-state index in [9.17, 15) is 0 Å². The summed E-state index contributed by atoms with van der Waals surface area (Å²) in [6, 6.07) is 3.18. The zero-order valence-corrected chi connectivity index (χ0v) is 15.9. The Balaban J connectivity index is 2.63. The zero-order chi connectivity index (χ0) is 15.1. The molecule has 19 heavy (non-hydrogen) atoms. The summed E-state index contributed by atoms with van der Waals surface area (Å²) in [4.78, 5) is 2.78. The Bertz CT molecular complexity index is 295. The molecule has 0 aliphatic carbocycles. The monoisotopic (exact) mass is 283 g/mol. The van der Waals surface area contributed by atoms with E-state index in [0.29, 0.717) is 11.0 Å². The van der Waals surface area contributed by atoms with E-state index in [1.54, 1.807) is 0 Å². The summed E-state index contributed by atoms with van der Waals surface area (Å²) >= 11 is 0. The van der Waals surface area contributed by atoms with E-state index in [4.69, 9.17) is 0 Å². The average molecular weight is 284 g/mol. The lowest BCUT2D eigenvalue weighted by atomic mass is 9.84. The number of nitrogens with zero attached hydrogens (tertiary/aromatic N) is 1. The second kappa shape index (κ2) is 5.52. The van der Waals surface area contributed by atoms with Crippen LogP contribution in [-0.4, -0.2) is 30.6 Å². The smallest absolute Gasteiger partial charge is 0.0443 e. The second-order valence-electron chi connectivity index (χ2n) is 9.53. The molecule has 1 aliphatic heterocycles. The van der Waals surface area contributed by atoms with Crippen LogP contribution in [0, 0.1) is 5.41 Å². The van der Waals surface area contributed by atoms with Crippen LogP contribution in [0.3, 0.4) is 0 Å². The third kappa shape index (κ3) is 5.22. The highest BCUT2D eigenvalue weighted by molar-refractivity contribution is 6.76. The second-order valence-corrected chi connectivity index (χ2v) is 15.2. The maximum absolute atomic E-state index is 2.78. The number of hydrogen-bond acceptors (Lipinski definition) is 1. The van der Waals surface area contributed by atoms with Gasteiger partial charge in [-0.15, -0.1) is 0 Å². The van der Waals surface area contributed by atoms with Gasteiger partial charge in [0.2, 0.25) is 0 Å². The van der Waals surface area contributed by atoms with Gasteiger partial charge in [0.1, 0.15) is 0 Å². The van der Waals surface area contributed by atoms with Crippen LogP contribution in [0.4, 0.5) is 0 Å². The Hall–Kier alpha value is 0.177. The van der Waals surface area contributed by atoms with Crippen molar-refractivity contribution >= 4 is 8.07 Å². The molecule has 0 saturated carbocycles. The molecule has 0 aromatic carbocycles. The highest BCUT2D eigenvalue weighted by atomic mass is 28.3. The predicted molar refractivity (Wildman–Crippen MR) is 90.6 cm³/mol. The summed E-state index contributed by atoms with van der Waals surface area (Å²) in [5, 5.41) is 0. The maximum Gasteiger partial charge on any atom is 0.0443 e. The van der Waals surface area contributed by atoms with Gasteiger partial charge < -0.3 is 0 Å². The van der Waals surface area contributed by atoms with E-state index in [-0.39, 0.29) is 0 Å². The lowest BCUT2D eigenvalue weighted by Crippen LogP contribution is -2.30. The summed E-state index contributed by atoms with van der Waals surface area (Å²) < 4.78 is 0. The van der Waals surface area contributed by atoms with Gasteiger partial charge in [0.15, 0.2) is 0 Å². The van der Waals surface area contributed by atoms with Gasteiger partial charge in [0.25, 0.3) is 0 Å². The quantitative estimate of drug-likeness (QED) is 0.466. The molecule has 1 saturated heterocycles. The maximum atomic E-state index is 2.78. The van der Waals surface area contributed by atoms with Gasteiger partial charge in [-0.2, -0.15) is 0 Å². The molecule has 0 amide bonds. The van der Waals surface area contributed by atoms with Crippen LogP contribution in [0.15, 0.2) is 0 Å². The Labute approximate surface area is 123 Å². The molecule has 2 heteroatoms. The molecule has 3 atom stereocenters. The Kier molecular flexibility index (Phi) is 5.00. The fourth-order valence-corrected chi connectivity index (χ4v) is 4.35. The van der Waals surface area contributed by atoms with Crippen molar-refractivity contribution in [1.29, 1.82) is 0 Å². The van der Waals surface area contributed by atoms with Crippen LogP contribution in [-0.2, 0) is 0 Å². The Morgan fingerprint density at radius 3 is 1.84 bits per heavy atom. The molecule has 1 fully saturated rings. The van der Waals surface area contributed by atoms with Gasteiger partial charge in [-0.3, -0.25) is 4.90 Å². The molecule has 3 unspecified atom stereocenters.